The van der Waals surface area contributed by atoms with Crippen LogP contribution in [-0.2, 0) is 19.1 Å². The summed E-state index contributed by atoms with van der Waals surface area (Å²) in [6.45, 7) is -0.752. The van der Waals surface area contributed by atoms with Gasteiger partial charge in [-0.25, -0.2) is 8.78 Å². The molecule has 1 saturated heterocycles. The summed E-state index contributed by atoms with van der Waals surface area (Å²) in [6, 6.07) is 0. The van der Waals surface area contributed by atoms with E-state index in [1.54, 1.807) is 12.2 Å². The van der Waals surface area contributed by atoms with Gasteiger partial charge >= 0.3 is 18.3 Å². The summed E-state index contributed by atoms with van der Waals surface area (Å²) in [7, 11) is 0. The largest absolute Gasteiger partial charge is 0.459 e. The van der Waals surface area contributed by atoms with Crippen molar-refractivity contribution >= 4 is 11.9 Å². The minimum atomic E-state index is -4.41. The second-order valence-electron chi connectivity index (χ2n) is 6.21. The molecule has 2 rings (SSSR count). The fourth-order valence-electron chi connectivity index (χ4n) is 2.85. The van der Waals surface area contributed by atoms with Gasteiger partial charge in [-0.1, -0.05) is 12.2 Å². The molecule has 0 unspecified atom stereocenters. The van der Waals surface area contributed by atoms with Crippen molar-refractivity contribution in [3.63, 3.8) is 0 Å². The molecular formula is C16H21F4NO4. The molecule has 1 N–H and O–H groups in total. The SMILES string of the molecule is O=C(NC[C@@H]1CCCO1)[C@H]1CC=CC[C@H]1C(=O)OCC(F)(F)C(F)F. The lowest BCUT2D eigenvalue weighted by molar-refractivity contribution is -0.184. The van der Waals surface area contributed by atoms with Gasteiger partial charge in [0.25, 0.3) is 0 Å². The molecule has 1 amide bonds. The molecule has 0 radical (unpaired) electrons. The summed E-state index contributed by atoms with van der Waals surface area (Å²) in [6.07, 6.45) is 1.50. The van der Waals surface area contributed by atoms with Crippen molar-refractivity contribution in [1.29, 1.82) is 0 Å². The van der Waals surface area contributed by atoms with Gasteiger partial charge in [0.15, 0.2) is 6.61 Å². The average molecular weight is 367 g/mol. The smallest absolute Gasteiger partial charge is 0.340 e. The Kier molecular flexibility index (Phi) is 6.80. The van der Waals surface area contributed by atoms with Gasteiger partial charge in [0.05, 0.1) is 17.9 Å². The number of carbonyl (C=O) groups excluding carboxylic acids is 2. The molecule has 0 saturated carbocycles. The van der Waals surface area contributed by atoms with Gasteiger partial charge in [0, 0.05) is 13.2 Å². The number of allylic oxidation sites excluding steroid dienone is 2. The summed E-state index contributed by atoms with van der Waals surface area (Å²) in [4.78, 5) is 24.3. The van der Waals surface area contributed by atoms with Gasteiger partial charge in [-0.3, -0.25) is 9.59 Å². The summed E-state index contributed by atoms with van der Waals surface area (Å²) in [5.41, 5.74) is 0. The number of esters is 1. The first kappa shape index (κ1) is 19.7. The lowest BCUT2D eigenvalue weighted by Gasteiger charge is -2.27. The Balaban J connectivity index is 1.89. The van der Waals surface area contributed by atoms with Crippen LogP contribution >= 0.6 is 0 Å². The quantitative estimate of drug-likeness (QED) is 0.426. The monoisotopic (exact) mass is 367 g/mol. The molecule has 0 aromatic heterocycles. The molecule has 3 atom stereocenters. The van der Waals surface area contributed by atoms with Crippen molar-refractivity contribution in [1.82, 2.24) is 5.32 Å². The second-order valence-corrected chi connectivity index (χ2v) is 6.21. The van der Waals surface area contributed by atoms with Crippen LogP contribution in [0.15, 0.2) is 12.2 Å². The normalized spacial score (nSPS) is 26.7. The molecular weight excluding hydrogens is 346 g/mol. The maximum absolute atomic E-state index is 12.9. The van der Waals surface area contributed by atoms with Crippen LogP contribution in [-0.4, -0.2) is 50.1 Å². The van der Waals surface area contributed by atoms with Crippen LogP contribution in [0.4, 0.5) is 17.6 Å². The fraction of sp³-hybridized carbons (Fsp3) is 0.750. The molecule has 1 fully saturated rings. The molecule has 2 aliphatic rings. The summed E-state index contributed by atoms with van der Waals surface area (Å²) >= 11 is 0. The van der Waals surface area contributed by atoms with Crippen LogP contribution in [0.2, 0.25) is 0 Å². The van der Waals surface area contributed by atoms with E-state index in [2.05, 4.69) is 10.1 Å². The number of hydrogen-bond donors (Lipinski definition) is 1. The number of rotatable bonds is 7. The molecule has 0 aromatic carbocycles. The highest BCUT2D eigenvalue weighted by molar-refractivity contribution is 5.86. The van der Waals surface area contributed by atoms with E-state index in [-0.39, 0.29) is 18.9 Å². The summed E-state index contributed by atoms with van der Waals surface area (Å²) in [5.74, 6) is -7.62. The van der Waals surface area contributed by atoms with Crippen LogP contribution in [0.1, 0.15) is 25.7 Å². The Morgan fingerprint density at radius 3 is 2.52 bits per heavy atom. The number of halogens is 4. The predicted molar refractivity (Wildman–Crippen MR) is 79.2 cm³/mol. The number of hydrogen-bond acceptors (Lipinski definition) is 4. The van der Waals surface area contributed by atoms with Crippen molar-refractivity contribution in [3.05, 3.63) is 12.2 Å². The Morgan fingerprint density at radius 1 is 1.24 bits per heavy atom. The highest BCUT2D eigenvalue weighted by Crippen LogP contribution is 2.29. The van der Waals surface area contributed by atoms with E-state index in [1.807, 2.05) is 0 Å². The zero-order chi connectivity index (χ0) is 18.4. The first-order valence-electron chi connectivity index (χ1n) is 8.18. The van der Waals surface area contributed by atoms with E-state index in [4.69, 9.17) is 4.74 Å². The van der Waals surface area contributed by atoms with Crippen LogP contribution in [0.3, 0.4) is 0 Å². The van der Waals surface area contributed by atoms with E-state index < -0.39 is 42.7 Å². The van der Waals surface area contributed by atoms with Gasteiger partial charge in [0.2, 0.25) is 5.91 Å². The molecule has 9 heteroatoms. The Labute approximate surface area is 142 Å². The molecule has 1 heterocycles. The van der Waals surface area contributed by atoms with E-state index >= 15 is 0 Å². The van der Waals surface area contributed by atoms with Crippen molar-refractivity contribution in [3.8, 4) is 0 Å². The Hall–Kier alpha value is -1.64. The van der Waals surface area contributed by atoms with Crippen molar-refractivity contribution in [2.24, 2.45) is 11.8 Å². The third kappa shape index (κ3) is 5.42. The van der Waals surface area contributed by atoms with Crippen molar-refractivity contribution in [2.45, 2.75) is 44.1 Å². The maximum atomic E-state index is 12.9. The van der Waals surface area contributed by atoms with Gasteiger partial charge in [-0.2, -0.15) is 8.78 Å². The van der Waals surface area contributed by atoms with Gasteiger partial charge < -0.3 is 14.8 Å². The molecule has 142 valence electrons. The predicted octanol–water partition coefficient (Wildman–Crippen LogP) is 2.31. The van der Waals surface area contributed by atoms with Crippen LogP contribution in [0.25, 0.3) is 0 Å². The minimum Gasteiger partial charge on any atom is -0.459 e. The van der Waals surface area contributed by atoms with Gasteiger partial charge in [-0.05, 0) is 25.7 Å². The zero-order valence-electron chi connectivity index (χ0n) is 13.6. The highest BCUT2D eigenvalue weighted by Gasteiger charge is 2.43. The molecule has 25 heavy (non-hydrogen) atoms. The first-order valence-corrected chi connectivity index (χ1v) is 8.18. The van der Waals surface area contributed by atoms with Gasteiger partial charge in [-0.15, -0.1) is 0 Å². The summed E-state index contributed by atoms with van der Waals surface area (Å²) < 4.78 is 59.8. The Bertz CT molecular complexity index is 506. The molecule has 1 aliphatic carbocycles. The minimum absolute atomic E-state index is 0.0711. The van der Waals surface area contributed by atoms with Crippen molar-refractivity contribution < 1.29 is 36.6 Å². The first-order chi connectivity index (χ1) is 11.8. The topological polar surface area (TPSA) is 64.6 Å². The molecule has 5 nitrogen and oxygen atoms in total. The summed E-state index contributed by atoms with van der Waals surface area (Å²) in [5, 5.41) is 2.70. The lowest BCUT2D eigenvalue weighted by atomic mass is 9.82. The van der Waals surface area contributed by atoms with E-state index in [0.29, 0.717) is 13.2 Å². The average Bonchev–Trinajstić information content (AvgIpc) is 3.11. The molecule has 0 bridgehead atoms. The standard InChI is InChI=1S/C16H21F4NO4/c17-15(18)16(19,20)9-25-14(23)12-6-2-1-5-11(12)13(22)21-8-10-4-3-7-24-10/h1-2,10-12,15H,3-9H2,(H,21,22)/t10-,11-,12+/m0/s1. The van der Waals surface area contributed by atoms with E-state index in [0.717, 1.165) is 12.8 Å². The van der Waals surface area contributed by atoms with Crippen LogP contribution < -0.4 is 5.32 Å². The number of ether oxygens (including phenoxy) is 2. The second kappa shape index (κ2) is 8.64. The number of alkyl halides is 4. The third-order valence-electron chi connectivity index (χ3n) is 4.33. The lowest BCUT2D eigenvalue weighted by Crippen LogP contribution is -2.43. The molecule has 0 spiro atoms. The van der Waals surface area contributed by atoms with Gasteiger partial charge in [0.1, 0.15) is 0 Å². The fourth-order valence-corrected chi connectivity index (χ4v) is 2.85. The number of carbonyl (C=O) groups is 2. The van der Waals surface area contributed by atoms with Crippen LogP contribution in [0.5, 0.6) is 0 Å². The highest BCUT2D eigenvalue weighted by atomic mass is 19.3. The Morgan fingerprint density at radius 2 is 1.92 bits per heavy atom. The number of amides is 1. The zero-order valence-corrected chi connectivity index (χ0v) is 13.6. The third-order valence-corrected chi connectivity index (χ3v) is 4.33. The van der Waals surface area contributed by atoms with E-state index in [9.17, 15) is 27.2 Å². The van der Waals surface area contributed by atoms with E-state index in [1.165, 1.54) is 0 Å². The molecule has 1 aliphatic heterocycles. The molecule has 0 aromatic rings. The number of nitrogens with one attached hydrogen (secondary N) is 1. The van der Waals surface area contributed by atoms with Crippen molar-refractivity contribution in [2.75, 3.05) is 19.8 Å². The maximum Gasteiger partial charge on any atom is 0.340 e. The van der Waals surface area contributed by atoms with Crippen LogP contribution in [0, 0.1) is 11.8 Å².